The van der Waals surface area contributed by atoms with Crippen LogP contribution in [0.2, 0.25) is 0 Å². The molecule has 3 fully saturated rings. The average molecular weight is 329 g/mol. The summed E-state index contributed by atoms with van der Waals surface area (Å²) in [5.74, 6) is 0. The van der Waals surface area contributed by atoms with Gasteiger partial charge in [0.2, 0.25) is 0 Å². The molecule has 0 aromatic heterocycles. The van der Waals surface area contributed by atoms with Crippen molar-refractivity contribution in [2.24, 2.45) is 5.73 Å². The molecule has 2 aliphatic heterocycles. The first-order chi connectivity index (χ1) is 10.1. The maximum Gasteiger partial charge on any atom is 0.0891 e. The Morgan fingerprint density at radius 1 is 1.24 bits per heavy atom. The summed E-state index contributed by atoms with van der Waals surface area (Å²) in [4.78, 5) is 3.25. The molecule has 0 bridgehead atoms. The lowest BCUT2D eigenvalue weighted by Crippen LogP contribution is -2.50. The van der Waals surface area contributed by atoms with Crippen LogP contribution in [0.4, 0.5) is 0 Å². The lowest BCUT2D eigenvalue weighted by atomic mass is 9.95. The van der Waals surface area contributed by atoms with E-state index in [1.54, 1.807) is 0 Å². The second kappa shape index (κ2) is 6.34. The van der Waals surface area contributed by atoms with E-state index < -0.39 is 0 Å². The third-order valence-corrected chi connectivity index (χ3v) is 7.75. The van der Waals surface area contributed by atoms with Gasteiger partial charge in [-0.3, -0.25) is 0 Å². The Labute approximate surface area is 138 Å². The highest BCUT2D eigenvalue weighted by atomic mass is 32.2. The van der Waals surface area contributed by atoms with Gasteiger partial charge in [0.15, 0.2) is 0 Å². The third-order valence-electron chi connectivity index (χ3n) is 5.82. The molecule has 2 saturated heterocycles. The smallest absolute Gasteiger partial charge is 0.0891 e. The molecule has 1 saturated carbocycles. The van der Waals surface area contributed by atoms with Crippen LogP contribution in [-0.2, 0) is 4.74 Å². The highest BCUT2D eigenvalue weighted by Gasteiger charge is 2.43. The highest BCUT2D eigenvalue weighted by molar-refractivity contribution is 8.02. The molecule has 5 heteroatoms. The van der Waals surface area contributed by atoms with Gasteiger partial charge in [-0.15, -0.1) is 0 Å². The lowest BCUT2D eigenvalue weighted by Gasteiger charge is -2.40. The zero-order chi connectivity index (χ0) is 14.9. The van der Waals surface area contributed by atoms with Gasteiger partial charge in [-0.05, 0) is 57.9 Å². The molecule has 2 N–H and O–H groups in total. The van der Waals surface area contributed by atoms with Gasteiger partial charge >= 0.3 is 0 Å². The number of hydrogen-bond acceptors (Lipinski definition) is 4. The van der Waals surface area contributed by atoms with Gasteiger partial charge in [0, 0.05) is 6.54 Å². The molecule has 120 valence electrons. The number of rotatable bonds is 4. The number of likely N-dealkylation sites (tertiary alicyclic amines) is 1. The monoisotopic (exact) mass is 328 g/mol. The van der Waals surface area contributed by atoms with Crippen LogP contribution in [0.5, 0.6) is 0 Å². The number of thiocarbonyl (C=S) groups is 1. The van der Waals surface area contributed by atoms with Crippen LogP contribution in [0.15, 0.2) is 0 Å². The van der Waals surface area contributed by atoms with E-state index in [2.05, 4.69) is 11.2 Å². The van der Waals surface area contributed by atoms with Crippen LogP contribution in [0.3, 0.4) is 0 Å². The molecular weight excluding hydrogens is 300 g/mol. The molecule has 0 amide bonds. The molecule has 0 radical (unpaired) electrons. The number of nitrogens with zero attached hydrogens (tertiary/aromatic N) is 1. The molecule has 3 aliphatic rings. The summed E-state index contributed by atoms with van der Waals surface area (Å²) in [6, 6.07) is 0. The minimum absolute atomic E-state index is 0.0367. The van der Waals surface area contributed by atoms with Crippen molar-refractivity contribution in [1.82, 2.24) is 4.90 Å². The van der Waals surface area contributed by atoms with E-state index in [4.69, 9.17) is 22.7 Å². The van der Waals surface area contributed by atoms with Crippen LogP contribution in [0.25, 0.3) is 0 Å². The molecule has 21 heavy (non-hydrogen) atoms. The second-order valence-corrected chi connectivity index (χ2v) is 8.66. The molecule has 1 spiro atoms. The number of hydrogen-bond donors (Lipinski definition) is 1. The Morgan fingerprint density at radius 3 is 2.48 bits per heavy atom. The van der Waals surface area contributed by atoms with Crippen LogP contribution < -0.4 is 5.73 Å². The second-order valence-electron chi connectivity index (χ2n) is 7.03. The Bertz CT molecular complexity index is 388. The Balaban J connectivity index is 1.49. The van der Waals surface area contributed by atoms with E-state index in [0.717, 1.165) is 32.5 Å². The van der Waals surface area contributed by atoms with E-state index in [0.29, 0.717) is 11.1 Å². The van der Waals surface area contributed by atoms with Crippen LogP contribution in [0, 0.1) is 0 Å². The third kappa shape index (κ3) is 3.26. The van der Waals surface area contributed by atoms with E-state index in [1.165, 1.54) is 38.5 Å². The Kier molecular flexibility index (Phi) is 4.84. The fraction of sp³-hybridized carbons (Fsp3) is 0.938. The van der Waals surface area contributed by atoms with Crippen molar-refractivity contribution >= 4 is 29.0 Å². The number of piperidine rings is 1. The molecule has 3 nitrogen and oxygen atoms in total. The normalized spacial score (nSPS) is 31.8. The molecule has 3 rings (SSSR count). The summed E-state index contributed by atoms with van der Waals surface area (Å²) in [6.45, 7) is 3.31. The molecule has 1 aliphatic carbocycles. The first-order valence-electron chi connectivity index (χ1n) is 8.33. The Morgan fingerprint density at radius 2 is 1.90 bits per heavy atom. The van der Waals surface area contributed by atoms with Gasteiger partial charge in [0.1, 0.15) is 0 Å². The van der Waals surface area contributed by atoms with Crippen molar-refractivity contribution in [3.63, 3.8) is 0 Å². The fourth-order valence-corrected chi connectivity index (χ4v) is 5.59. The maximum absolute atomic E-state index is 6.44. The minimum Gasteiger partial charge on any atom is -0.392 e. The van der Waals surface area contributed by atoms with Crippen molar-refractivity contribution in [2.45, 2.75) is 67.8 Å². The van der Waals surface area contributed by atoms with Crippen LogP contribution in [0.1, 0.15) is 51.4 Å². The zero-order valence-corrected chi connectivity index (χ0v) is 14.7. The van der Waals surface area contributed by atoms with E-state index >= 15 is 0 Å². The summed E-state index contributed by atoms with van der Waals surface area (Å²) in [6.07, 6.45) is 12.6. The van der Waals surface area contributed by atoms with Crippen LogP contribution in [-0.4, -0.2) is 52.2 Å². The SMILES string of the molecule is CSC1(C(N)=S)CCN(CC2CCC3(CCCC3)O2)CC1. The van der Waals surface area contributed by atoms with Gasteiger partial charge in [0.05, 0.1) is 21.4 Å². The average Bonchev–Trinajstić information content (AvgIpc) is 3.10. The number of thioether (sulfide) groups is 1. The van der Waals surface area contributed by atoms with Gasteiger partial charge in [-0.2, -0.15) is 11.8 Å². The summed E-state index contributed by atoms with van der Waals surface area (Å²) in [5.41, 5.74) is 6.23. The van der Waals surface area contributed by atoms with Crippen molar-refractivity contribution in [2.75, 3.05) is 25.9 Å². The minimum atomic E-state index is 0.0367. The first kappa shape index (κ1) is 16.0. The Hall–Kier alpha value is 0.160. The summed E-state index contributed by atoms with van der Waals surface area (Å²) < 4.78 is 6.48. The number of ether oxygens (including phenoxy) is 1. The standard InChI is InChI=1S/C16H28N2OS2/c1-21-16(14(17)20)8-10-18(11-9-16)12-13-4-7-15(19-13)5-2-3-6-15/h13H,2-12H2,1H3,(H2,17,20). The quantitative estimate of drug-likeness (QED) is 0.803. The first-order valence-corrected chi connectivity index (χ1v) is 9.96. The summed E-state index contributed by atoms with van der Waals surface area (Å²) in [7, 11) is 0. The van der Waals surface area contributed by atoms with E-state index in [-0.39, 0.29) is 10.3 Å². The summed E-state index contributed by atoms with van der Waals surface area (Å²) >= 11 is 7.13. The van der Waals surface area contributed by atoms with Gasteiger partial charge < -0.3 is 15.4 Å². The molecule has 0 aromatic carbocycles. The number of nitrogens with two attached hydrogens (primary N) is 1. The maximum atomic E-state index is 6.44. The van der Waals surface area contributed by atoms with Gasteiger partial charge in [0.25, 0.3) is 0 Å². The van der Waals surface area contributed by atoms with Crippen molar-refractivity contribution < 1.29 is 4.74 Å². The summed E-state index contributed by atoms with van der Waals surface area (Å²) in [5, 5.41) is 0. The van der Waals surface area contributed by atoms with Crippen molar-refractivity contribution in [3.8, 4) is 0 Å². The highest BCUT2D eigenvalue weighted by Crippen LogP contribution is 2.43. The van der Waals surface area contributed by atoms with E-state index in [9.17, 15) is 0 Å². The molecule has 2 heterocycles. The molecule has 1 unspecified atom stereocenters. The van der Waals surface area contributed by atoms with Crippen molar-refractivity contribution in [1.29, 1.82) is 0 Å². The topological polar surface area (TPSA) is 38.5 Å². The van der Waals surface area contributed by atoms with Gasteiger partial charge in [-0.1, -0.05) is 25.1 Å². The predicted octanol–water partition coefficient (Wildman–Crippen LogP) is 2.96. The fourth-order valence-electron chi connectivity index (χ4n) is 4.35. The van der Waals surface area contributed by atoms with Crippen LogP contribution >= 0.6 is 24.0 Å². The van der Waals surface area contributed by atoms with Gasteiger partial charge in [-0.25, -0.2) is 0 Å². The molecule has 0 aromatic rings. The molecule has 1 atom stereocenters. The lowest BCUT2D eigenvalue weighted by molar-refractivity contribution is -0.0488. The van der Waals surface area contributed by atoms with E-state index in [1.807, 2.05) is 11.8 Å². The predicted molar refractivity (Wildman–Crippen MR) is 94.0 cm³/mol. The zero-order valence-electron chi connectivity index (χ0n) is 13.1. The molecular formula is C16H28N2OS2. The largest absolute Gasteiger partial charge is 0.392 e. The van der Waals surface area contributed by atoms with Crippen molar-refractivity contribution in [3.05, 3.63) is 0 Å².